The molecule has 8 heteroatoms. The van der Waals surface area contributed by atoms with E-state index >= 15 is 0 Å². The first-order valence-corrected chi connectivity index (χ1v) is 10.5. The topological polar surface area (TPSA) is 71.3 Å². The van der Waals surface area contributed by atoms with Crippen LogP contribution in [-0.2, 0) is 4.79 Å². The average Bonchev–Trinajstić information content (AvgIpc) is 3.25. The van der Waals surface area contributed by atoms with Crippen LogP contribution in [0.4, 0.5) is 11.4 Å². The number of nitrogens with one attached hydrogen (secondary N) is 2. The van der Waals surface area contributed by atoms with Gasteiger partial charge < -0.3 is 15.1 Å². The van der Waals surface area contributed by atoms with Crippen LogP contribution in [-0.4, -0.2) is 17.1 Å². The molecular weight excluding hydrogens is 431 g/mol. The molecule has 2 aromatic carbocycles. The van der Waals surface area contributed by atoms with Crippen molar-refractivity contribution in [1.29, 1.82) is 0 Å². The Morgan fingerprint density at radius 3 is 2.59 bits per heavy atom. The minimum absolute atomic E-state index is 0.174. The number of carbonyl (C=O) groups excluding carboxylic acids is 2. The molecule has 2 amide bonds. The standard InChI is InChI=1S/C21H18Cl2N2O3S/c1-2-18(21(27)25-16-9-4-8-15(22)19(16)23)29-14-7-3-6-13(12-14)24-20(26)17-10-5-11-28-17/h3-12,18H,2H2,1H3,(H,24,26)(H,25,27). The van der Waals surface area contributed by atoms with Crippen LogP contribution in [0.2, 0.25) is 10.0 Å². The highest BCUT2D eigenvalue weighted by Crippen LogP contribution is 2.32. The minimum Gasteiger partial charge on any atom is -0.459 e. The first kappa shape index (κ1) is 21.3. The molecule has 1 unspecified atom stereocenters. The summed E-state index contributed by atoms with van der Waals surface area (Å²) in [5, 5.41) is 5.95. The summed E-state index contributed by atoms with van der Waals surface area (Å²) < 4.78 is 5.10. The lowest BCUT2D eigenvalue weighted by molar-refractivity contribution is -0.115. The summed E-state index contributed by atoms with van der Waals surface area (Å²) in [7, 11) is 0. The lowest BCUT2D eigenvalue weighted by Crippen LogP contribution is -2.24. The number of thioether (sulfide) groups is 1. The molecule has 0 bridgehead atoms. The van der Waals surface area contributed by atoms with Gasteiger partial charge in [0, 0.05) is 10.6 Å². The van der Waals surface area contributed by atoms with E-state index in [1.807, 2.05) is 25.1 Å². The SMILES string of the molecule is CCC(Sc1cccc(NC(=O)c2ccco2)c1)C(=O)Nc1cccc(Cl)c1Cl. The highest BCUT2D eigenvalue weighted by molar-refractivity contribution is 8.00. The summed E-state index contributed by atoms with van der Waals surface area (Å²) >= 11 is 13.6. The number of anilines is 2. The number of carbonyl (C=O) groups is 2. The average molecular weight is 449 g/mol. The van der Waals surface area contributed by atoms with Gasteiger partial charge >= 0.3 is 0 Å². The number of furan rings is 1. The third kappa shape index (κ3) is 5.56. The second-order valence-corrected chi connectivity index (χ2v) is 8.13. The van der Waals surface area contributed by atoms with Crippen molar-refractivity contribution in [2.24, 2.45) is 0 Å². The largest absolute Gasteiger partial charge is 0.459 e. The van der Waals surface area contributed by atoms with Gasteiger partial charge in [0.25, 0.3) is 5.91 Å². The first-order chi connectivity index (χ1) is 14.0. The van der Waals surface area contributed by atoms with Crippen LogP contribution in [0, 0.1) is 0 Å². The molecule has 1 atom stereocenters. The van der Waals surface area contributed by atoms with Gasteiger partial charge in [-0.2, -0.15) is 0 Å². The van der Waals surface area contributed by atoms with Crippen molar-refractivity contribution in [1.82, 2.24) is 0 Å². The minimum atomic E-state index is -0.346. The Morgan fingerprint density at radius 1 is 1.07 bits per heavy atom. The molecule has 5 nitrogen and oxygen atoms in total. The number of hydrogen-bond acceptors (Lipinski definition) is 4. The van der Waals surface area contributed by atoms with E-state index in [1.165, 1.54) is 18.0 Å². The quantitative estimate of drug-likeness (QED) is 0.413. The van der Waals surface area contributed by atoms with Crippen molar-refractivity contribution in [2.45, 2.75) is 23.5 Å². The molecule has 0 fully saturated rings. The van der Waals surface area contributed by atoms with Crippen molar-refractivity contribution < 1.29 is 14.0 Å². The summed E-state index contributed by atoms with van der Waals surface area (Å²) in [5.41, 5.74) is 1.09. The second-order valence-electron chi connectivity index (χ2n) is 6.06. The Bertz CT molecular complexity index is 1010. The molecular formula is C21H18Cl2N2O3S. The van der Waals surface area contributed by atoms with E-state index in [2.05, 4.69) is 10.6 Å². The predicted molar refractivity (Wildman–Crippen MR) is 118 cm³/mol. The Hall–Kier alpha value is -2.41. The number of benzene rings is 2. The van der Waals surface area contributed by atoms with E-state index in [-0.39, 0.29) is 22.8 Å². The molecule has 29 heavy (non-hydrogen) atoms. The fourth-order valence-corrected chi connectivity index (χ4v) is 3.91. The van der Waals surface area contributed by atoms with Crippen LogP contribution in [0.1, 0.15) is 23.9 Å². The van der Waals surface area contributed by atoms with Crippen molar-refractivity contribution in [3.8, 4) is 0 Å². The zero-order valence-corrected chi connectivity index (χ0v) is 17.8. The van der Waals surface area contributed by atoms with Crippen LogP contribution in [0.5, 0.6) is 0 Å². The third-order valence-corrected chi connectivity index (χ3v) is 6.16. The van der Waals surface area contributed by atoms with Gasteiger partial charge in [-0.3, -0.25) is 9.59 Å². The van der Waals surface area contributed by atoms with E-state index in [9.17, 15) is 9.59 Å². The zero-order valence-electron chi connectivity index (χ0n) is 15.4. The third-order valence-electron chi connectivity index (χ3n) is 3.99. The Labute approximate surface area is 182 Å². The van der Waals surface area contributed by atoms with E-state index in [0.717, 1.165) is 4.90 Å². The van der Waals surface area contributed by atoms with E-state index in [1.54, 1.807) is 36.4 Å². The molecule has 150 valence electrons. The molecule has 1 aromatic heterocycles. The Balaban J connectivity index is 1.68. The van der Waals surface area contributed by atoms with Gasteiger partial charge in [-0.05, 0) is 48.9 Å². The van der Waals surface area contributed by atoms with Crippen molar-refractivity contribution in [3.05, 3.63) is 76.7 Å². The van der Waals surface area contributed by atoms with Crippen LogP contribution < -0.4 is 10.6 Å². The molecule has 0 saturated heterocycles. The van der Waals surface area contributed by atoms with E-state index in [0.29, 0.717) is 27.8 Å². The maximum atomic E-state index is 12.7. The maximum absolute atomic E-state index is 12.7. The number of rotatable bonds is 7. The fraction of sp³-hybridized carbons (Fsp3) is 0.143. The van der Waals surface area contributed by atoms with Gasteiger partial charge in [0.2, 0.25) is 5.91 Å². The summed E-state index contributed by atoms with van der Waals surface area (Å²) in [6.45, 7) is 1.93. The van der Waals surface area contributed by atoms with Crippen LogP contribution >= 0.6 is 35.0 Å². The smallest absolute Gasteiger partial charge is 0.291 e. The molecule has 0 aliphatic carbocycles. The molecule has 0 saturated carbocycles. The molecule has 0 aliphatic heterocycles. The van der Waals surface area contributed by atoms with Gasteiger partial charge in [0.15, 0.2) is 5.76 Å². The fourth-order valence-electron chi connectivity index (χ4n) is 2.55. The second kappa shape index (κ2) is 9.87. The number of hydrogen-bond donors (Lipinski definition) is 2. The van der Waals surface area contributed by atoms with E-state index in [4.69, 9.17) is 27.6 Å². The summed E-state index contributed by atoms with van der Waals surface area (Å²) in [6.07, 6.45) is 2.05. The summed E-state index contributed by atoms with van der Waals surface area (Å²) in [6, 6.07) is 15.6. The predicted octanol–water partition coefficient (Wildman–Crippen LogP) is 6.35. The maximum Gasteiger partial charge on any atom is 0.291 e. The lowest BCUT2D eigenvalue weighted by atomic mass is 10.2. The zero-order chi connectivity index (χ0) is 20.8. The van der Waals surface area contributed by atoms with Gasteiger partial charge in [-0.15, -0.1) is 11.8 Å². The van der Waals surface area contributed by atoms with Crippen LogP contribution in [0.15, 0.2) is 70.2 Å². The highest BCUT2D eigenvalue weighted by atomic mass is 35.5. The molecule has 3 aromatic rings. The number of amides is 2. The van der Waals surface area contributed by atoms with Gasteiger partial charge in [0.1, 0.15) is 0 Å². The molecule has 3 rings (SSSR count). The van der Waals surface area contributed by atoms with Crippen molar-refractivity contribution >= 4 is 58.2 Å². The van der Waals surface area contributed by atoms with Crippen molar-refractivity contribution in [3.63, 3.8) is 0 Å². The van der Waals surface area contributed by atoms with E-state index < -0.39 is 0 Å². The lowest BCUT2D eigenvalue weighted by Gasteiger charge is -2.16. The highest BCUT2D eigenvalue weighted by Gasteiger charge is 2.20. The normalized spacial score (nSPS) is 11.7. The monoisotopic (exact) mass is 448 g/mol. The van der Waals surface area contributed by atoms with Gasteiger partial charge in [-0.25, -0.2) is 0 Å². The molecule has 1 heterocycles. The van der Waals surface area contributed by atoms with Gasteiger partial charge in [0.05, 0.1) is 27.2 Å². The molecule has 0 aliphatic rings. The summed E-state index contributed by atoms with van der Waals surface area (Å²) in [5.74, 6) is -0.281. The van der Waals surface area contributed by atoms with Crippen LogP contribution in [0.25, 0.3) is 0 Å². The molecule has 0 radical (unpaired) electrons. The molecule has 2 N–H and O–H groups in total. The summed E-state index contributed by atoms with van der Waals surface area (Å²) in [4.78, 5) is 25.7. The number of halogens is 2. The van der Waals surface area contributed by atoms with Crippen molar-refractivity contribution in [2.75, 3.05) is 10.6 Å². The Morgan fingerprint density at radius 2 is 1.86 bits per heavy atom. The van der Waals surface area contributed by atoms with Gasteiger partial charge in [-0.1, -0.05) is 42.3 Å². The first-order valence-electron chi connectivity index (χ1n) is 8.84. The molecule has 0 spiro atoms. The Kier molecular flexibility index (Phi) is 7.25. The van der Waals surface area contributed by atoms with Crippen LogP contribution in [0.3, 0.4) is 0 Å².